The molecule has 0 aliphatic carbocycles. The third-order valence-corrected chi connectivity index (χ3v) is 2.24. The number of nitrogens with zero attached hydrogens (tertiary/aromatic N) is 1. The van der Waals surface area contributed by atoms with Crippen LogP contribution in [-0.4, -0.2) is 10.9 Å². The Kier molecular flexibility index (Phi) is 2.83. The van der Waals surface area contributed by atoms with Crippen LogP contribution in [0.15, 0.2) is 6.07 Å². The number of rotatable bonds is 3. The highest BCUT2D eigenvalue weighted by atomic mass is 32.1. The van der Waals surface area contributed by atoms with Crippen molar-refractivity contribution in [3.05, 3.63) is 16.6 Å². The molecule has 1 heterocycles. The summed E-state index contributed by atoms with van der Waals surface area (Å²) < 4.78 is 4.17. The molecule has 10 heavy (non-hydrogen) atoms. The van der Waals surface area contributed by atoms with Crippen LogP contribution >= 0.6 is 11.5 Å². The summed E-state index contributed by atoms with van der Waals surface area (Å²) in [6.45, 7) is 2.79. The molecule has 0 aromatic carbocycles. The lowest BCUT2D eigenvalue weighted by molar-refractivity contribution is 0.843. The van der Waals surface area contributed by atoms with Gasteiger partial charge in [-0.3, -0.25) is 0 Å². The first-order valence-corrected chi connectivity index (χ1v) is 4.22. The molecule has 0 fully saturated rings. The van der Waals surface area contributed by atoms with Crippen LogP contribution in [0.2, 0.25) is 0 Å². The van der Waals surface area contributed by atoms with E-state index in [4.69, 9.17) is 5.73 Å². The highest BCUT2D eigenvalue weighted by molar-refractivity contribution is 7.05. The highest BCUT2D eigenvalue weighted by Gasteiger charge is 1.95. The topological polar surface area (TPSA) is 38.9 Å². The summed E-state index contributed by atoms with van der Waals surface area (Å²) >= 11 is 1.58. The third-order valence-electron chi connectivity index (χ3n) is 1.30. The first-order valence-electron chi connectivity index (χ1n) is 3.45. The minimum atomic E-state index is 0.775. The lowest BCUT2D eigenvalue weighted by atomic mass is 10.2. The van der Waals surface area contributed by atoms with Crippen LogP contribution in [0, 0.1) is 6.92 Å². The van der Waals surface area contributed by atoms with Gasteiger partial charge in [0.15, 0.2) is 0 Å². The lowest BCUT2D eigenvalue weighted by Crippen LogP contribution is -1.99. The smallest absolute Gasteiger partial charge is 0.0514 e. The Labute approximate surface area is 65.2 Å². The molecule has 0 aliphatic rings. The average molecular weight is 156 g/mol. The minimum absolute atomic E-state index is 0.775. The van der Waals surface area contributed by atoms with E-state index < -0.39 is 0 Å². The summed E-state index contributed by atoms with van der Waals surface area (Å²) in [6, 6.07) is 2.13. The minimum Gasteiger partial charge on any atom is -0.330 e. The van der Waals surface area contributed by atoms with Gasteiger partial charge in [-0.2, -0.15) is 4.37 Å². The van der Waals surface area contributed by atoms with Crippen molar-refractivity contribution in [1.82, 2.24) is 4.37 Å². The number of hydrogen-bond acceptors (Lipinski definition) is 3. The van der Waals surface area contributed by atoms with Crippen molar-refractivity contribution in [2.45, 2.75) is 19.8 Å². The molecule has 0 bridgehead atoms. The van der Waals surface area contributed by atoms with E-state index in [0.717, 1.165) is 25.1 Å². The van der Waals surface area contributed by atoms with Crippen molar-refractivity contribution in [3.8, 4) is 0 Å². The maximum absolute atomic E-state index is 5.37. The normalized spacial score (nSPS) is 10.2. The molecular weight excluding hydrogens is 144 g/mol. The third kappa shape index (κ3) is 2.08. The van der Waals surface area contributed by atoms with Crippen LogP contribution in [0.3, 0.4) is 0 Å². The van der Waals surface area contributed by atoms with Crippen molar-refractivity contribution in [3.63, 3.8) is 0 Å². The van der Waals surface area contributed by atoms with Gasteiger partial charge in [0.25, 0.3) is 0 Å². The zero-order chi connectivity index (χ0) is 7.40. The van der Waals surface area contributed by atoms with E-state index in [-0.39, 0.29) is 0 Å². The Morgan fingerprint density at radius 3 is 3.00 bits per heavy atom. The standard InChI is InChI=1S/C7H12N2S/c1-6-5-7(10-9-6)3-2-4-8/h5H,2-4,8H2,1H3. The predicted octanol–water partition coefficient (Wildman–Crippen LogP) is 1.34. The Hall–Kier alpha value is -0.410. The maximum atomic E-state index is 5.37. The van der Waals surface area contributed by atoms with E-state index in [1.807, 2.05) is 6.92 Å². The van der Waals surface area contributed by atoms with E-state index in [1.165, 1.54) is 4.88 Å². The Morgan fingerprint density at radius 1 is 1.70 bits per heavy atom. The predicted molar refractivity (Wildman–Crippen MR) is 44.2 cm³/mol. The zero-order valence-electron chi connectivity index (χ0n) is 6.13. The summed E-state index contributed by atoms with van der Waals surface area (Å²) in [5.41, 5.74) is 6.49. The van der Waals surface area contributed by atoms with E-state index in [2.05, 4.69) is 10.4 Å². The van der Waals surface area contributed by atoms with E-state index in [9.17, 15) is 0 Å². The molecule has 2 nitrogen and oxygen atoms in total. The molecule has 0 unspecified atom stereocenters. The van der Waals surface area contributed by atoms with Crippen molar-refractivity contribution in [1.29, 1.82) is 0 Å². The van der Waals surface area contributed by atoms with Gasteiger partial charge in [0.05, 0.1) is 5.69 Å². The SMILES string of the molecule is Cc1cc(CCCN)sn1. The molecule has 2 N–H and O–H groups in total. The second-order valence-electron chi connectivity index (χ2n) is 2.33. The van der Waals surface area contributed by atoms with Crippen molar-refractivity contribution in [2.75, 3.05) is 6.54 Å². The summed E-state index contributed by atoms with van der Waals surface area (Å²) in [5.74, 6) is 0. The van der Waals surface area contributed by atoms with Gasteiger partial charge in [0.2, 0.25) is 0 Å². The van der Waals surface area contributed by atoms with Gasteiger partial charge in [-0.25, -0.2) is 0 Å². The molecule has 0 radical (unpaired) electrons. The molecule has 56 valence electrons. The molecule has 1 aromatic heterocycles. The van der Waals surface area contributed by atoms with Gasteiger partial charge in [-0.05, 0) is 43.9 Å². The Morgan fingerprint density at radius 2 is 2.50 bits per heavy atom. The molecule has 1 aromatic rings. The zero-order valence-corrected chi connectivity index (χ0v) is 6.95. The number of aryl methyl sites for hydroxylation is 2. The van der Waals surface area contributed by atoms with Gasteiger partial charge in [0.1, 0.15) is 0 Å². The monoisotopic (exact) mass is 156 g/mol. The largest absolute Gasteiger partial charge is 0.330 e. The maximum Gasteiger partial charge on any atom is 0.0514 e. The van der Waals surface area contributed by atoms with E-state index >= 15 is 0 Å². The van der Waals surface area contributed by atoms with Crippen LogP contribution in [0.25, 0.3) is 0 Å². The van der Waals surface area contributed by atoms with E-state index in [0.29, 0.717) is 0 Å². The number of aromatic nitrogens is 1. The summed E-state index contributed by atoms with van der Waals surface area (Å²) in [6.07, 6.45) is 2.16. The van der Waals surface area contributed by atoms with Gasteiger partial charge < -0.3 is 5.73 Å². The molecule has 0 amide bonds. The van der Waals surface area contributed by atoms with Crippen LogP contribution < -0.4 is 5.73 Å². The summed E-state index contributed by atoms with van der Waals surface area (Å²) in [7, 11) is 0. The quantitative estimate of drug-likeness (QED) is 0.717. The molecule has 3 heteroatoms. The van der Waals surface area contributed by atoms with Crippen molar-refractivity contribution < 1.29 is 0 Å². The first-order chi connectivity index (χ1) is 4.83. The van der Waals surface area contributed by atoms with Crippen LogP contribution in [0.1, 0.15) is 17.0 Å². The van der Waals surface area contributed by atoms with Gasteiger partial charge in [0, 0.05) is 4.88 Å². The van der Waals surface area contributed by atoms with Crippen molar-refractivity contribution in [2.24, 2.45) is 5.73 Å². The number of hydrogen-bond donors (Lipinski definition) is 1. The van der Waals surface area contributed by atoms with Gasteiger partial charge in [-0.15, -0.1) is 0 Å². The molecule has 0 spiro atoms. The lowest BCUT2D eigenvalue weighted by Gasteiger charge is -1.89. The number of nitrogens with two attached hydrogens (primary N) is 1. The van der Waals surface area contributed by atoms with Crippen LogP contribution in [0.4, 0.5) is 0 Å². The fourth-order valence-corrected chi connectivity index (χ4v) is 1.58. The average Bonchev–Trinajstić information content (AvgIpc) is 2.31. The molecule has 0 atom stereocenters. The molecule has 1 rings (SSSR count). The molecule has 0 saturated carbocycles. The second kappa shape index (κ2) is 3.68. The second-order valence-corrected chi connectivity index (χ2v) is 3.22. The van der Waals surface area contributed by atoms with Gasteiger partial charge >= 0.3 is 0 Å². The fraction of sp³-hybridized carbons (Fsp3) is 0.571. The summed E-state index contributed by atoms with van der Waals surface area (Å²) in [4.78, 5) is 1.35. The first kappa shape index (κ1) is 7.69. The van der Waals surface area contributed by atoms with Gasteiger partial charge in [-0.1, -0.05) is 0 Å². The Bertz CT molecular complexity index is 195. The van der Waals surface area contributed by atoms with Crippen LogP contribution in [0.5, 0.6) is 0 Å². The van der Waals surface area contributed by atoms with Crippen LogP contribution in [-0.2, 0) is 6.42 Å². The fourth-order valence-electron chi connectivity index (χ4n) is 0.810. The highest BCUT2D eigenvalue weighted by Crippen LogP contribution is 2.10. The molecule has 0 saturated heterocycles. The van der Waals surface area contributed by atoms with E-state index in [1.54, 1.807) is 11.5 Å². The van der Waals surface area contributed by atoms with Crippen molar-refractivity contribution >= 4 is 11.5 Å². The summed E-state index contributed by atoms with van der Waals surface area (Å²) in [5, 5.41) is 0. The molecule has 0 aliphatic heterocycles. The Balaban J connectivity index is 2.42. The molecular formula is C7H12N2S.